The molecule has 2 rings (SSSR count). The Bertz CT molecular complexity index is 910. The van der Waals surface area contributed by atoms with Crippen molar-refractivity contribution in [3.8, 4) is 11.1 Å². The molecular weight excluding hydrogens is 338 g/mol. The van der Waals surface area contributed by atoms with Crippen LogP contribution in [0.3, 0.4) is 0 Å². The molecule has 1 atom stereocenters. The average molecular weight is 365 g/mol. The molecule has 0 aliphatic heterocycles. The molecule has 0 fully saturated rings. The number of anilines is 1. The van der Waals surface area contributed by atoms with Crippen LogP contribution in [0.2, 0.25) is 0 Å². The van der Waals surface area contributed by atoms with Gasteiger partial charge in [0.15, 0.2) is 0 Å². The van der Waals surface area contributed by atoms with Gasteiger partial charge in [0.2, 0.25) is 0 Å². The first kappa shape index (κ1) is 19.3. The summed E-state index contributed by atoms with van der Waals surface area (Å²) in [4.78, 5) is 13.1. The van der Waals surface area contributed by atoms with E-state index in [2.05, 4.69) is 0 Å². The highest BCUT2D eigenvalue weighted by Crippen LogP contribution is 2.29. The zero-order valence-electron chi connectivity index (χ0n) is 15.3. The molecule has 0 saturated heterocycles. The van der Waals surface area contributed by atoms with Crippen LogP contribution in [-0.4, -0.2) is 22.9 Å². The third-order valence-corrected chi connectivity index (χ3v) is 6.17. The van der Waals surface area contributed by atoms with Crippen LogP contribution in [0.15, 0.2) is 29.1 Å². The molecule has 138 valence electrons. The van der Waals surface area contributed by atoms with Crippen molar-refractivity contribution in [1.82, 2.24) is 8.77 Å². The lowest BCUT2D eigenvalue weighted by molar-refractivity contribution is 0.419. The molecule has 1 unspecified atom stereocenters. The summed E-state index contributed by atoms with van der Waals surface area (Å²) < 4.78 is 27.9. The first-order valence-electron chi connectivity index (χ1n) is 8.68. The fraction of sp³-hybridized carbons (Fsp3) is 0.500. The highest BCUT2D eigenvalue weighted by atomic mass is 32.2. The molecule has 6 nitrogen and oxygen atoms in total. The summed E-state index contributed by atoms with van der Waals surface area (Å²) in [6.07, 6.45) is 1.99. The van der Waals surface area contributed by atoms with Crippen molar-refractivity contribution in [2.45, 2.75) is 53.0 Å². The number of aromatic nitrogens is 2. The topological polar surface area (TPSA) is 87.1 Å². The number of hydrogen-bond acceptors (Lipinski definition) is 4. The third kappa shape index (κ3) is 3.51. The van der Waals surface area contributed by atoms with E-state index in [9.17, 15) is 13.2 Å². The maximum atomic E-state index is 13.1. The minimum atomic E-state index is -3.70. The molecule has 25 heavy (non-hydrogen) atoms. The maximum Gasteiger partial charge on any atom is 0.277 e. The summed E-state index contributed by atoms with van der Waals surface area (Å²) in [5.74, 6) is -0.0621. The summed E-state index contributed by atoms with van der Waals surface area (Å²) in [6.45, 7) is 7.52. The number of rotatable bonds is 7. The first-order valence-corrected chi connectivity index (χ1v) is 10.3. The SMILES string of the molecule is CCCC(C)n1c(=O)c(-c2ccccc2C)c(N)n1S(=O)(=O)CCC. The summed E-state index contributed by atoms with van der Waals surface area (Å²) in [5.41, 5.74) is 7.68. The molecule has 1 heterocycles. The van der Waals surface area contributed by atoms with Crippen molar-refractivity contribution in [3.05, 3.63) is 40.2 Å². The first-order chi connectivity index (χ1) is 11.8. The fourth-order valence-electron chi connectivity index (χ4n) is 3.17. The molecule has 2 N–H and O–H groups in total. The van der Waals surface area contributed by atoms with Gasteiger partial charge in [-0.25, -0.2) is 13.1 Å². The molecule has 0 bridgehead atoms. The lowest BCUT2D eigenvalue weighted by atomic mass is 10.0. The predicted molar refractivity (Wildman–Crippen MR) is 102 cm³/mol. The van der Waals surface area contributed by atoms with Crippen molar-refractivity contribution in [3.63, 3.8) is 0 Å². The Kier molecular flexibility index (Phi) is 5.77. The van der Waals surface area contributed by atoms with E-state index < -0.39 is 10.0 Å². The van der Waals surface area contributed by atoms with Gasteiger partial charge in [-0.2, -0.15) is 4.09 Å². The largest absolute Gasteiger partial charge is 0.382 e. The van der Waals surface area contributed by atoms with E-state index in [1.165, 1.54) is 4.68 Å². The van der Waals surface area contributed by atoms with E-state index in [0.717, 1.165) is 16.1 Å². The lowest BCUT2D eigenvalue weighted by Gasteiger charge is -2.18. The molecule has 0 aliphatic carbocycles. The second-order valence-electron chi connectivity index (χ2n) is 6.42. The molecule has 0 aliphatic rings. The van der Waals surface area contributed by atoms with E-state index in [0.29, 0.717) is 18.4 Å². The Morgan fingerprint density at radius 3 is 2.36 bits per heavy atom. The van der Waals surface area contributed by atoms with E-state index in [1.54, 1.807) is 13.0 Å². The van der Waals surface area contributed by atoms with Crippen LogP contribution in [0.5, 0.6) is 0 Å². The Hall–Kier alpha value is -2.02. The highest BCUT2D eigenvalue weighted by molar-refractivity contribution is 7.89. The number of nitrogens with zero attached hydrogens (tertiary/aromatic N) is 2. The number of aryl methyl sites for hydroxylation is 1. The second-order valence-corrected chi connectivity index (χ2v) is 8.34. The van der Waals surface area contributed by atoms with Gasteiger partial charge in [-0.15, -0.1) is 0 Å². The van der Waals surface area contributed by atoms with Crippen LogP contribution in [0.25, 0.3) is 11.1 Å². The van der Waals surface area contributed by atoms with Crippen LogP contribution in [-0.2, 0) is 10.0 Å². The van der Waals surface area contributed by atoms with Gasteiger partial charge >= 0.3 is 0 Å². The van der Waals surface area contributed by atoms with Crippen molar-refractivity contribution in [1.29, 1.82) is 0 Å². The van der Waals surface area contributed by atoms with E-state index in [1.807, 2.05) is 39.0 Å². The predicted octanol–water partition coefficient (Wildman–Crippen LogP) is 3.16. The smallest absolute Gasteiger partial charge is 0.277 e. The van der Waals surface area contributed by atoms with Gasteiger partial charge in [-0.3, -0.25) is 4.79 Å². The second kappa shape index (κ2) is 7.47. The molecule has 0 spiro atoms. The molecule has 1 aromatic carbocycles. The Labute approximate surface area is 149 Å². The van der Waals surface area contributed by atoms with Crippen molar-refractivity contribution in [2.24, 2.45) is 0 Å². The Balaban J connectivity index is 2.86. The summed E-state index contributed by atoms with van der Waals surface area (Å²) in [7, 11) is -3.70. The van der Waals surface area contributed by atoms with Gasteiger partial charge in [-0.1, -0.05) is 44.5 Å². The van der Waals surface area contributed by atoms with Crippen LogP contribution in [0, 0.1) is 6.92 Å². The molecule has 0 amide bonds. The van der Waals surface area contributed by atoms with Gasteiger partial charge in [0.25, 0.3) is 15.6 Å². The fourth-order valence-corrected chi connectivity index (χ4v) is 4.76. The molecule has 2 aromatic rings. The Morgan fingerprint density at radius 1 is 1.16 bits per heavy atom. The van der Waals surface area contributed by atoms with Gasteiger partial charge in [0.1, 0.15) is 5.82 Å². The Morgan fingerprint density at radius 2 is 1.80 bits per heavy atom. The van der Waals surface area contributed by atoms with E-state index >= 15 is 0 Å². The minimum Gasteiger partial charge on any atom is -0.382 e. The minimum absolute atomic E-state index is 0.00398. The average Bonchev–Trinajstić information content (AvgIpc) is 2.80. The lowest BCUT2D eigenvalue weighted by Crippen LogP contribution is -2.32. The van der Waals surface area contributed by atoms with Crippen molar-refractivity contribution in [2.75, 3.05) is 11.5 Å². The van der Waals surface area contributed by atoms with Gasteiger partial charge in [-0.05, 0) is 37.8 Å². The summed E-state index contributed by atoms with van der Waals surface area (Å²) in [5, 5.41) is 0. The zero-order chi connectivity index (χ0) is 18.8. The molecule has 1 aromatic heterocycles. The third-order valence-electron chi connectivity index (χ3n) is 4.34. The van der Waals surface area contributed by atoms with Gasteiger partial charge < -0.3 is 5.73 Å². The number of benzene rings is 1. The van der Waals surface area contributed by atoms with Crippen molar-refractivity contribution >= 4 is 15.8 Å². The van der Waals surface area contributed by atoms with Crippen LogP contribution in [0.4, 0.5) is 5.82 Å². The zero-order valence-corrected chi connectivity index (χ0v) is 16.1. The van der Waals surface area contributed by atoms with Gasteiger partial charge in [0, 0.05) is 0 Å². The normalized spacial score (nSPS) is 13.1. The van der Waals surface area contributed by atoms with E-state index in [4.69, 9.17) is 5.73 Å². The maximum absolute atomic E-state index is 13.1. The molecule has 7 heteroatoms. The highest BCUT2D eigenvalue weighted by Gasteiger charge is 2.29. The molecule has 0 saturated carbocycles. The number of nitrogens with two attached hydrogens (primary N) is 1. The van der Waals surface area contributed by atoms with E-state index in [-0.39, 0.29) is 28.7 Å². The standard InChI is InChI=1S/C18H27N3O3S/c1-5-9-14(4)20-18(22)16(15-11-8-7-10-13(15)3)17(19)21(20)25(23,24)12-6-2/h7-8,10-11,14H,5-6,9,12,19H2,1-4H3. The summed E-state index contributed by atoms with van der Waals surface area (Å²) in [6, 6.07) is 7.11. The summed E-state index contributed by atoms with van der Waals surface area (Å²) >= 11 is 0. The van der Waals surface area contributed by atoms with Crippen molar-refractivity contribution < 1.29 is 8.42 Å². The monoisotopic (exact) mass is 365 g/mol. The van der Waals surface area contributed by atoms with Crippen LogP contribution >= 0.6 is 0 Å². The van der Waals surface area contributed by atoms with Crippen LogP contribution in [0.1, 0.15) is 51.6 Å². The number of nitrogen functional groups attached to an aromatic ring is 1. The van der Waals surface area contributed by atoms with Gasteiger partial charge in [0.05, 0.1) is 17.4 Å². The molecular formula is C18H27N3O3S. The number of hydrogen-bond donors (Lipinski definition) is 1. The quantitative estimate of drug-likeness (QED) is 0.816. The van der Waals surface area contributed by atoms with Crippen LogP contribution < -0.4 is 11.3 Å². The molecule has 0 radical (unpaired) electrons.